The molecule has 0 N–H and O–H groups in total. The van der Waals surface area contributed by atoms with Crippen molar-refractivity contribution in [2.75, 3.05) is 13.7 Å². The standard InChI is InChI=1S/C22H24FNO3/c1-4-5-10-27-18-7-9-21-19(13-18)16(12-22(25)26-3)14-24(21)17-6-8-20(23)15(2)11-17/h6-9,11,13-14H,4-5,10,12H2,1-3H3. The molecule has 0 aliphatic rings. The number of nitrogens with zero attached hydrogens (tertiary/aromatic N) is 1. The number of aromatic nitrogens is 1. The molecule has 0 saturated carbocycles. The summed E-state index contributed by atoms with van der Waals surface area (Å²) >= 11 is 0. The van der Waals surface area contributed by atoms with Crippen LogP contribution >= 0.6 is 0 Å². The Morgan fingerprint density at radius 3 is 2.70 bits per heavy atom. The molecule has 0 aliphatic heterocycles. The molecule has 142 valence electrons. The van der Waals surface area contributed by atoms with Crippen LogP contribution in [0.2, 0.25) is 0 Å². The molecule has 2 aromatic carbocycles. The Bertz CT molecular complexity index is 962. The summed E-state index contributed by atoms with van der Waals surface area (Å²) in [6.07, 6.45) is 4.13. The molecular formula is C22H24FNO3. The van der Waals surface area contributed by atoms with Crippen LogP contribution in [0.1, 0.15) is 30.9 Å². The number of halogens is 1. The highest BCUT2D eigenvalue weighted by atomic mass is 19.1. The van der Waals surface area contributed by atoms with Crippen molar-refractivity contribution < 1.29 is 18.7 Å². The largest absolute Gasteiger partial charge is 0.494 e. The summed E-state index contributed by atoms with van der Waals surface area (Å²) in [6.45, 7) is 4.51. The summed E-state index contributed by atoms with van der Waals surface area (Å²) < 4.78 is 26.3. The summed E-state index contributed by atoms with van der Waals surface area (Å²) in [7, 11) is 1.38. The lowest BCUT2D eigenvalue weighted by atomic mass is 10.1. The molecule has 1 heterocycles. The van der Waals surface area contributed by atoms with Crippen LogP contribution in [0.5, 0.6) is 5.75 Å². The molecular weight excluding hydrogens is 345 g/mol. The molecule has 27 heavy (non-hydrogen) atoms. The summed E-state index contributed by atoms with van der Waals surface area (Å²) in [5.41, 5.74) is 3.19. The summed E-state index contributed by atoms with van der Waals surface area (Å²) in [4.78, 5) is 11.9. The van der Waals surface area contributed by atoms with E-state index in [2.05, 4.69) is 6.92 Å². The monoisotopic (exact) mass is 369 g/mol. The number of benzene rings is 2. The van der Waals surface area contributed by atoms with E-state index < -0.39 is 0 Å². The Hall–Kier alpha value is -2.82. The van der Waals surface area contributed by atoms with Crippen molar-refractivity contribution in [3.63, 3.8) is 0 Å². The van der Waals surface area contributed by atoms with E-state index in [0.717, 1.165) is 40.7 Å². The maximum atomic E-state index is 13.7. The SMILES string of the molecule is CCCCOc1ccc2c(c1)c(CC(=O)OC)cn2-c1ccc(F)c(C)c1. The molecule has 0 unspecified atom stereocenters. The highest BCUT2D eigenvalue weighted by Gasteiger charge is 2.15. The molecule has 0 aliphatic carbocycles. The van der Waals surface area contributed by atoms with Crippen molar-refractivity contribution in [2.24, 2.45) is 0 Å². The molecule has 1 aromatic heterocycles. The molecule has 3 rings (SSSR count). The van der Waals surface area contributed by atoms with Gasteiger partial charge in [0.15, 0.2) is 0 Å². The number of ether oxygens (including phenoxy) is 2. The van der Waals surface area contributed by atoms with Crippen molar-refractivity contribution in [3.8, 4) is 11.4 Å². The van der Waals surface area contributed by atoms with Crippen LogP contribution in [0, 0.1) is 12.7 Å². The van der Waals surface area contributed by atoms with E-state index in [4.69, 9.17) is 9.47 Å². The Labute approximate surface area is 158 Å². The number of hydrogen-bond donors (Lipinski definition) is 0. The van der Waals surface area contributed by atoms with E-state index in [1.165, 1.54) is 13.2 Å². The lowest BCUT2D eigenvalue weighted by Gasteiger charge is -2.09. The summed E-state index contributed by atoms with van der Waals surface area (Å²) in [5.74, 6) is 0.230. The van der Waals surface area contributed by atoms with E-state index >= 15 is 0 Å². The van der Waals surface area contributed by atoms with Gasteiger partial charge in [-0.15, -0.1) is 0 Å². The molecule has 0 atom stereocenters. The third kappa shape index (κ3) is 4.13. The Morgan fingerprint density at radius 1 is 1.19 bits per heavy atom. The number of esters is 1. The first-order valence-electron chi connectivity index (χ1n) is 9.13. The van der Waals surface area contributed by atoms with Gasteiger partial charge in [-0.3, -0.25) is 4.79 Å². The van der Waals surface area contributed by atoms with Gasteiger partial charge in [0.25, 0.3) is 0 Å². The van der Waals surface area contributed by atoms with Crippen LogP contribution in [-0.2, 0) is 16.0 Å². The molecule has 0 spiro atoms. The Morgan fingerprint density at radius 2 is 2.00 bits per heavy atom. The third-order valence-electron chi connectivity index (χ3n) is 4.61. The maximum absolute atomic E-state index is 13.7. The average Bonchev–Trinajstić information content (AvgIpc) is 3.02. The van der Waals surface area contributed by atoms with Gasteiger partial charge >= 0.3 is 5.97 Å². The molecule has 0 fully saturated rings. The number of unbranched alkanes of at least 4 members (excludes halogenated alkanes) is 1. The number of carbonyl (C=O) groups is 1. The van der Waals surface area contributed by atoms with Gasteiger partial charge in [0, 0.05) is 17.3 Å². The molecule has 0 radical (unpaired) electrons. The van der Waals surface area contributed by atoms with Gasteiger partial charge in [0.2, 0.25) is 0 Å². The first-order valence-corrected chi connectivity index (χ1v) is 9.13. The molecule has 3 aromatic rings. The van der Waals surface area contributed by atoms with E-state index in [1.807, 2.05) is 29.0 Å². The van der Waals surface area contributed by atoms with Crippen molar-refractivity contribution in [2.45, 2.75) is 33.1 Å². The zero-order valence-corrected chi connectivity index (χ0v) is 15.9. The fraction of sp³-hybridized carbons (Fsp3) is 0.318. The zero-order valence-electron chi connectivity index (χ0n) is 15.9. The maximum Gasteiger partial charge on any atom is 0.310 e. The summed E-state index contributed by atoms with van der Waals surface area (Å²) in [5, 5.41) is 0.927. The number of aryl methyl sites for hydroxylation is 1. The molecule has 0 bridgehead atoms. The topological polar surface area (TPSA) is 40.5 Å². The first kappa shape index (κ1) is 19.0. The van der Waals surface area contributed by atoms with Gasteiger partial charge in [0.1, 0.15) is 11.6 Å². The van der Waals surface area contributed by atoms with Gasteiger partial charge in [-0.2, -0.15) is 0 Å². The second-order valence-corrected chi connectivity index (χ2v) is 6.59. The minimum Gasteiger partial charge on any atom is -0.494 e. The van der Waals surface area contributed by atoms with Crippen LogP contribution in [0.15, 0.2) is 42.6 Å². The quantitative estimate of drug-likeness (QED) is 0.436. The van der Waals surface area contributed by atoms with E-state index in [9.17, 15) is 9.18 Å². The Kier molecular flexibility index (Phi) is 5.79. The van der Waals surface area contributed by atoms with Crippen LogP contribution in [-0.4, -0.2) is 24.3 Å². The van der Waals surface area contributed by atoms with Gasteiger partial charge in [-0.1, -0.05) is 13.3 Å². The Balaban J connectivity index is 2.07. The number of methoxy groups -OCH3 is 1. The van der Waals surface area contributed by atoms with Crippen LogP contribution in [0.4, 0.5) is 4.39 Å². The predicted molar refractivity (Wildman–Crippen MR) is 104 cm³/mol. The minimum absolute atomic E-state index is 0.165. The molecule has 0 amide bonds. The third-order valence-corrected chi connectivity index (χ3v) is 4.61. The highest BCUT2D eigenvalue weighted by Crippen LogP contribution is 2.30. The normalized spacial score (nSPS) is 11.0. The summed E-state index contributed by atoms with van der Waals surface area (Å²) in [6, 6.07) is 10.8. The number of rotatable bonds is 7. The lowest BCUT2D eigenvalue weighted by Crippen LogP contribution is -2.04. The van der Waals surface area contributed by atoms with E-state index in [1.54, 1.807) is 19.1 Å². The van der Waals surface area contributed by atoms with Crippen molar-refractivity contribution in [3.05, 3.63) is 59.5 Å². The van der Waals surface area contributed by atoms with Crippen LogP contribution < -0.4 is 4.74 Å². The second kappa shape index (κ2) is 8.25. The molecule has 0 saturated heterocycles. The number of hydrogen-bond acceptors (Lipinski definition) is 3. The number of fused-ring (bicyclic) bond motifs is 1. The van der Waals surface area contributed by atoms with Gasteiger partial charge in [-0.05, 0) is 60.9 Å². The van der Waals surface area contributed by atoms with Crippen molar-refractivity contribution in [1.29, 1.82) is 0 Å². The van der Waals surface area contributed by atoms with Crippen molar-refractivity contribution >= 4 is 16.9 Å². The van der Waals surface area contributed by atoms with Crippen LogP contribution in [0.25, 0.3) is 16.6 Å². The van der Waals surface area contributed by atoms with Crippen molar-refractivity contribution in [1.82, 2.24) is 4.57 Å². The fourth-order valence-corrected chi connectivity index (χ4v) is 3.06. The highest BCUT2D eigenvalue weighted by molar-refractivity contribution is 5.90. The average molecular weight is 369 g/mol. The fourth-order valence-electron chi connectivity index (χ4n) is 3.06. The molecule has 5 heteroatoms. The van der Waals surface area contributed by atoms with Gasteiger partial charge in [0.05, 0.1) is 25.7 Å². The second-order valence-electron chi connectivity index (χ2n) is 6.59. The predicted octanol–water partition coefficient (Wildman–Crippen LogP) is 4.97. The van der Waals surface area contributed by atoms with Gasteiger partial charge in [-0.25, -0.2) is 4.39 Å². The van der Waals surface area contributed by atoms with E-state index in [-0.39, 0.29) is 18.2 Å². The number of carbonyl (C=O) groups excluding carboxylic acids is 1. The first-order chi connectivity index (χ1) is 13.0. The zero-order chi connectivity index (χ0) is 19.4. The molecule has 4 nitrogen and oxygen atoms in total. The van der Waals surface area contributed by atoms with Gasteiger partial charge < -0.3 is 14.0 Å². The lowest BCUT2D eigenvalue weighted by molar-refractivity contribution is -0.139. The smallest absolute Gasteiger partial charge is 0.310 e. The van der Waals surface area contributed by atoms with E-state index in [0.29, 0.717) is 12.2 Å². The van der Waals surface area contributed by atoms with Crippen LogP contribution in [0.3, 0.4) is 0 Å². The minimum atomic E-state index is -0.304.